The molecule has 9 heteroatoms. The van der Waals surface area contributed by atoms with Gasteiger partial charge in [-0.1, -0.05) is 18.2 Å². The molecule has 1 aliphatic carbocycles. The number of likely N-dealkylation sites (N-methyl/N-ethyl adjacent to an activating group) is 1. The number of urea groups is 1. The topological polar surface area (TPSA) is 91.1 Å². The van der Waals surface area contributed by atoms with Crippen LogP contribution in [-0.4, -0.2) is 71.1 Å². The number of para-hydroxylation sites is 1. The SMILES string of the molecule is CN1CCN([C@H]2CC[C@H](N3C(=O)N(c4ccc(Oc5ccccc5)cc4)Cc4c(N)ncnc43)CC2)CC1. The number of nitrogens with two attached hydrogens (primary N) is 1. The highest BCUT2D eigenvalue weighted by molar-refractivity contribution is 6.06. The molecule has 3 heterocycles. The van der Waals surface area contributed by atoms with Crippen molar-refractivity contribution in [3.05, 3.63) is 66.5 Å². The maximum atomic E-state index is 14.0. The first-order valence-corrected chi connectivity index (χ1v) is 13.5. The molecule has 2 aliphatic heterocycles. The molecule has 9 nitrogen and oxygen atoms in total. The molecule has 0 bridgehead atoms. The lowest BCUT2D eigenvalue weighted by Crippen LogP contribution is -2.55. The molecule has 6 rings (SSSR count). The molecule has 2 amide bonds. The van der Waals surface area contributed by atoms with Crippen LogP contribution in [0.5, 0.6) is 11.5 Å². The van der Waals surface area contributed by atoms with E-state index in [9.17, 15) is 4.79 Å². The quantitative estimate of drug-likeness (QED) is 0.542. The van der Waals surface area contributed by atoms with Crippen molar-refractivity contribution >= 4 is 23.4 Å². The Hall–Kier alpha value is -3.69. The maximum Gasteiger partial charge on any atom is 0.330 e. The van der Waals surface area contributed by atoms with E-state index in [1.165, 1.54) is 6.33 Å². The van der Waals surface area contributed by atoms with E-state index in [4.69, 9.17) is 10.5 Å². The van der Waals surface area contributed by atoms with Crippen LogP contribution in [0.4, 0.5) is 22.1 Å². The summed E-state index contributed by atoms with van der Waals surface area (Å²) in [5.41, 5.74) is 7.91. The van der Waals surface area contributed by atoms with Crippen molar-refractivity contribution in [1.29, 1.82) is 0 Å². The number of rotatable bonds is 5. The fraction of sp³-hybridized carbons (Fsp3) is 0.414. The zero-order chi connectivity index (χ0) is 26.1. The highest BCUT2D eigenvalue weighted by Crippen LogP contribution is 2.38. The zero-order valence-corrected chi connectivity index (χ0v) is 21.9. The summed E-state index contributed by atoms with van der Waals surface area (Å²) in [6, 6.07) is 17.9. The number of hydrogen-bond donors (Lipinski definition) is 1. The molecule has 0 radical (unpaired) electrons. The Morgan fingerprint density at radius 2 is 1.50 bits per heavy atom. The van der Waals surface area contributed by atoms with Crippen molar-refractivity contribution in [3.63, 3.8) is 0 Å². The fourth-order valence-corrected chi connectivity index (χ4v) is 5.94. The van der Waals surface area contributed by atoms with E-state index in [0.717, 1.165) is 68.9 Å². The van der Waals surface area contributed by atoms with Crippen molar-refractivity contribution in [2.24, 2.45) is 0 Å². The molecule has 1 aromatic heterocycles. The summed E-state index contributed by atoms with van der Waals surface area (Å²) in [7, 11) is 2.19. The number of amides is 2. The molecule has 2 aromatic carbocycles. The molecular weight excluding hydrogens is 478 g/mol. The Labute approximate surface area is 223 Å². The Morgan fingerprint density at radius 3 is 2.21 bits per heavy atom. The summed E-state index contributed by atoms with van der Waals surface area (Å²) in [4.78, 5) is 31.5. The summed E-state index contributed by atoms with van der Waals surface area (Å²) >= 11 is 0. The molecule has 1 saturated carbocycles. The first-order valence-electron chi connectivity index (χ1n) is 13.5. The van der Waals surface area contributed by atoms with Crippen LogP contribution in [0.3, 0.4) is 0 Å². The van der Waals surface area contributed by atoms with Gasteiger partial charge in [0.2, 0.25) is 0 Å². The van der Waals surface area contributed by atoms with Crippen LogP contribution < -0.4 is 20.3 Å². The van der Waals surface area contributed by atoms with E-state index in [-0.39, 0.29) is 12.1 Å². The molecule has 0 spiro atoms. The second-order valence-electron chi connectivity index (χ2n) is 10.5. The second-order valence-corrected chi connectivity index (χ2v) is 10.5. The highest BCUT2D eigenvalue weighted by atomic mass is 16.5. The van der Waals surface area contributed by atoms with Gasteiger partial charge in [-0.05, 0) is 69.1 Å². The maximum absolute atomic E-state index is 14.0. The first kappa shape index (κ1) is 24.6. The molecule has 0 unspecified atom stereocenters. The van der Waals surface area contributed by atoms with Gasteiger partial charge in [0.25, 0.3) is 0 Å². The zero-order valence-electron chi connectivity index (χ0n) is 21.9. The van der Waals surface area contributed by atoms with Gasteiger partial charge in [-0.2, -0.15) is 0 Å². The molecule has 2 N–H and O–H groups in total. The van der Waals surface area contributed by atoms with Gasteiger partial charge in [0.15, 0.2) is 0 Å². The number of piperazine rings is 1. The number of carbonyl (C=O) groups is 1. The Kier molecular flexibility index (Phi) is 6.86. The Balaban J connectivity index is 1.21. The lowest BCUT2D eigenvalue weighted by Gasteiger charge is -2.45. The van der Waals surface area contributed by atoms with Crippen molar-refractivity contribution in [1.82, 2.24) is 19.8 Å². The van der Waals surface area contributed by atoms with Crippen LogP contribution in [0.25, 0.3) is 0 Å². The summed E-state index contributed by atoms with van der Waals surface area (Å²) in [5, 5.41) is 0. The van der Waals surface area contributed by atoms with Crippen LogP contribution in [-0.2, 0) is 6.54 Å². The number of nitrogens with zero attached hydrogens (tertiary/aromatic N) is 6. The number of nitrogen functional groups attached to an aromatic ring is 1. The van der Waals surface area contributed by atoms with Crippen LogP contribution in [0.1, 0.15) is 31.2 Å². The van der Waals surface area contributed by atoms with Gasteiger partial charge in [0.05, 0.1) is 12.1 Å². The number of anilines is 3. The summed E-state index contributed by atoms with van der Waals surface area (Å²) in [5.74, 6) is 2.57. The van der Waals surface area contributed by atoms with E-state index in [2.05, 4.69) is 26.8 Å². The lowest BCUT2D eigenvalue weighted by molar-refractivity contribution is 0.0878. The predicted molar refractivity (Wildman–Crippen MR) is 149 cm³/mol. The van der Waals surface area contributed by atoms with Crippen LogP contribution >= 0.6 is 0 Å². The number of carbonyl (C=O) groups excluding carboxylic acids is 1. The standard InChI is InChI=1S/C29H35N7O2/c1-33-15-17-34(18-16-33)21-7-9-23(10-8-21)36-28-26(27(30)31-20-32-28)19-35(29(36)37)22-11-13-25(14-12-22)38-24-5-3-2-4-6-24/h2-6,11-14,20-21,23H,7-10,15-19H2,1H3,(H2,30,31,32)/t21-,23-. The molecule has 1 saturated heterocycles. The summed E-state index contributed by atoms with van der Waals surface area (Å²) in [6.07, 6.45) is 5.53. The van der Waals surface area contributed by atoms with Gasteiger partial charge in [-0.15, -0.1) is 0 Å². The minimum Gasteiger partial charge on any atom is -0.457 e. The first-order chi connectivity index (χ1) is 18.6. The largest absolute Gasteiger partial charge is 0.457 e. The summed E-state index contributed by atoms with van der Waals surface area (Å²) < 4.78 is 5.94. The number of hydrogen-bond acceptors (Lipinski definition) is 7. The van der Waals surface area contributed by atoms with Crippen molar-refractivity contribution < 1.29 is 9.53 Å². The number of fused-ring (bicyclic) bond motifs is 1. The smallest absolute Gasteiger partial charge is 0.330 e. The molecule has 198 valence electrons. The Morgan fingerprint density at radius 1 is 0.842 bits per heavy atom. The molecule has 3 aromatic rings. The van der Waals surface area contributed by atoms with Gasteiger partial charge >= 0.3 is 6.03 Å². The van der Waals surface area contributed by atoms with E-state index in [0.29, 0.717) is 30.0 Å². The lowest BCUT2D eigenvalue weighted by atomic mass is 9.88. The monoisotopic (exact) mass is 513 g/mol. The van der Waals surface area contributed by atoms with Gasteiger partial charge in [-0.25, -0.2) is 14.8 Å². The average Bonchev–Trinajstić information content (AvgIpc) is 2.95. The number of ether oxygens (including phenoxy) is 1. The normalized spacial score (nSPS) is 22.8. The Bertz CT molecular complexity index is 1250. The molecular formula is C29H35N7O2. The second kappa shape index (κ2) is 10.6. The predicted octanol–water partition coefficient (Wildman–Crippen LogP) is 4.36. The third kappa shape index (κ3) is 4.91. The summed E-state index contributed by atoms with van der Waals surface area (Å²) in [6.45, 7) is 4.83. The van der Waals surface area contributed by atoms with Crippen molar-refractivity contribution in [2.45, 2.75) is 44.3 Å². The minimum atomic E-state index is -0.0598. The van der Waals surface area contributed by atoms with E-state index >= 15 is 0 Å². The van der Waals surface area contributed by atoms with Gasteiger partial charge in [-0.3, -0.25) is 14.7 Å². The minimum absolute atomic E-state index is 0.0598. The average molecular weight is 514 g/mol. The third-order valence-corrected chi connectivity index (χ3v) is 8.15. The molecule has 0 atom stereocenters. The third-order valence-electron chi connectivity index (χ3n) is 8.15. The van der Waals surface area contributed by atoms with Crippen LogP contribution in [0.2, 0.25) is 0 Å². The number of aromatic nitrogens is 2. The van der Waals surface area contributed by atoms with E-state index in [1.54, 1.807) is 4.90 Å². The molecule has 3 aliphatic rings. The van der Waals surface area contributed by atoms with E-state index < -0.39 is 0 Å². The van der Waals surface area contributed by atoms with Gasteiger partial charge in [0, 0.05) is 44.0 Å². The van der Waals surface area contributed by atoms with Crippen LogP contribution in [0, 0.1) is 0 Å². The van der Waals surface area contributed by atoms with E-state index in [1.807, 2.05) is 59.5 Å². The molecule has 38 heavy (non-hydrogen) atoms. The molecule has 2 fully saturated rings. The van der Waals surface area contributed by atoms with Crippen LogP contribution in [0.15, 0.2) is 60.9 Å². The fourth-order valence-electron chi connectivity index (χ4n) is 5.94. The van der Waals surface area contributed by atoms with Crippen molar-refractivity contribution in [3.8, 4) is 11.5 Å². The van der Waals surface area contributed by atoms with Gasteiger partial charge < -0.3 is 15.4 Å². The van der Waals surface area contributed by atoms with Gasteiger partial charge in [0.1, 0.15) is 29.5 Å². The highest BCUT2D eigenvalue weighted by Gasteiger charge is 2.40. The van der Waals surface area contributed by atoms with Crippen molar-refractivity contribution in [2.75, 3.05) is 48.8 Å². The number of benzene rings is 2.